The molecule has 8 heteroatoms. The van der Waals surface area contributed by atoms with Crippen LogP contribution in [0.25, 0.3) is 0 Å². The van der Waals surface area contributed by atoms with Gasteiger partial charge in [-0.2, -0.15) is 0 Å². The minimum atomic E-state index is -4.78. The summed E-state index contributed by atoms with van der Waals surface area (Å²) >= 11 is 0. The van der Waals surface area contributed by atoms with E-state index in [1.165, 1.54) is 17.0 Å². The van der Waals surface area contributed by atoms with E-state index in [0.29, 0.717) is 18.5 Å². The molecule has 1 aliphatic heterocycles. The number of piperidine rings is 1. The predicted molar refractivity (Wildman–Crippen MR) is 87.6 cm³/mol. The fraction of sp³-hybridized carbons (Fsp3) is 0.556. The maximum absolute atomic E-state index is 13.0. The molecule has 0 bridgehead atoms. The molecule has 1 fully saturated rings. The summed E-state index contributed by atoms with van der Waals surface area (Å²) in [4.78, 5) is 25.8. The Bertz CT molecular complexity index is 670. The van der Waals surface area contributed by atoms with Gasteiger partial charge in [0.25, 0.3) is 0 Å². The monoisotopic (exact) mass is 373 g/mol. The third kappa shape index (κ3) is 4.68. The lowest BCUT2D eigenvalue weighted by atomic mass is 9.81. The summed E-state index contributed by atoms with van der Waals surface area (Å²) in [5, 5.41) is 9.26. The number of carbonyl (C=O) groups is 2. The molecule has 1 aromatic rings. The fourth-order valence-electron chi connectivity index (χ4n) is 3.29. The molecule has 2 rings (SSSR count). The van der Waals surface area contributed by atoms with Gasteiger partial charge in [0.1, 0.15) is 5.75 Å². The van der Waals surface area contributed by atoms with Gasteiger partial charge >= 0.3 is 12.3 Å². The van der Waals surface area contributed by atoms with Crippen LogP contribution in [0.5, 0.6) is 5.75 Å². The molecule has 1 heterocycles. The lowest BCUT2D eigenvalue weighted by molar-refractivity contribution is -0.274. The zero-order chi connectivity index (χ0) is 19.7. The van der Waals surface area contributed by atoms with E-state index in [2.05, 4.69) is 4.74 Å². The average Bonchev–Trinajstić information content (AvgIpc) is 2.52. The number of halogens is 3. The number of amides is 1. The lowest BCUT2D eigenvalue weighted by Crippen LogP contribution is -2.51. The summed E-state index contributed by atoms with van der Waals surface area (Å²) in [6.07, 6.45) is -4.26. The molecule has 1 aromatic carbocycles. The first-order valence-electron chi connectivity index (χ1n) is 8.28. The van der Waals surface area contributed by atoms with Crippen molar-refractivity contribution in [3.8, 4) is 5.75 Å². The minimum Gasteiger partial charge on any atom is -0.481 e. The molecule has 2 atom stereocenters. The molecular weight excluding hydrogens is 351 g/mol. The van der Waals surface area contributed by atoms with Crippen LogP contribution >= 0.6 is 0 Å². The molecule has 0 saturated carbocycles. The summed E-state index contributed by atoms with van der Waals surface area (Å²) in [6, 6.07) is 5.16. The van der Waals surface area contributed by atoms with Gasteiger partial charge in [0.2, 0.25) is 5.91 Å². The lowest BCUT2D eigenvalue weighted by Gasteiger charge is -2.39. The molecule has 0 aromatic heterocycles. The van der Waals surface area contributed by atoms with E-state index in [4.69, 9.17) is 0 Å². The Morgan fingerprint density at radius 3 is 2.23 bits per heavy atom. The third-order valence-electron chi connectivity index (χ3n) is 4.64. The van der Waals surface area contributed by atoms with Gasteiger partial charge in [0, 0.05) is 13.1 Å². The van der Waals surface area contributed by atoms with Crippen molar-refractivity contribution in [3.63, 3.8) is 0 Å². The second-order valence-electron chi connectivity index (χ2n) is 7.28. The molecule has 5 nitrogen and oxygen atoms in total. The van der Waals surface area contributed by atoms with Gasteiger partial charge in [-0.25, -0.2) is 0 Å². The fourth-order valence-corrected chi connectivity index (χ4v) is 3.29. The Kier molecular flexibility index (Phi) is 5.53. The highest BCUT2D eigenvalue weighted by molar-refractivity contribution is 5.88. The number of likely N-dealkylation sites (tertiary alicyclic amines) is 1. The highest BCUT2D eigenvalue weighted by Gasteiger charge is 2.39. The number of benzene rings is 1. The molecule has 144 valence electrons. The van der Waals surface area contributed by atoms with Crippen molar-refractivity contribution in [1.29, 1.82) is 0 Å². The van der Waals surface area contributed by atoms with Crippen molar-refractivity contribution in [1.82, 2.24) is 4.90 Å². The minimum absolute atomic E-state index is 0.0622. The van der Waals surface area contributed by atoms with Crippen LogP contribution in [0.4, 0.5) is 13.2 Å². The van der Waals surface area contributed by atoms with Crippen LogP contribution in [0.15, 0.2) is 24.3 Å². The van der Waals surface area contributed by atoms with Gasteiger partial charge in [-0.1, -0.05) is 19.1 Å². The van der Waals surface area contributed by atoms with Crippen molar-refractivity contribution in [2.24, 2.45) is 11.8 Å². The number of ether oxygens (including phenoxy) is 1. The number of carboxylic acids is 1. The summed E-state index contributed by atoms with van der Waals surface area (Å²) in [5.41, 5.74) is -0.473. The molecule has 1 amide bonds. The zero-order valence-electron chi connectivity index (χ0n) is 14.8. The largest absolute Gasteiger partial charge is 0.573 e. The molecule has 0 spiro atoms. The van der Waals surface area contributed by atoms with Crippen LogP contribution in [0.1, 0.15) is 32.8 Å². The van der Waals surface area contributed by atoms with Gasteiger partial charge in [0.15, 0.2) is 0 Å². The second kappa shape index (κ2) is 7.17. The first kappa shape index (κ1) is 20.1. The Morgan fingerprint density at radius 1 is 1.15 bits per heavy atom. The molecule has 1 N–H and O–H groups in total. The van der Waals surface area contributed by atoms with Crippen molar-refractivity contribution in [2.45, 2.75) is 39.0 Å². The van der Waals surface area contributed by atoms with Gasteiger partial charge in [-0.15, -0.1) is 13.2 Å². The highest BCUT2D eigenvalue weighted by Crippen LogP contribution is 2.32. The number of aliphatic carboxylic acids is 1. The summed E-state index contributed by atoms with van der Waals surface area (Å²) in [5.74, 6) is -2.09. The normalized spacial score (nSPS) is 21.4. The maximum Gasteiger partial charge on any atom is 0.573 e. The standard InChI is InChI=1S/C18H22F3NO4/c1-11-8-12(15(23)24)10-22(9-11)16(25)17(2,3)13-4-6-14(7-5-13)26-18(19,20)21/h4-7,11-12H,8-10H2,1-3H3,(H,23,24). The van der Waals surface area contributed by atoms with Crippen LogP contribution in [0, 0.1) is 11.8 Å². The Balaban J connectivity index is 2.17. The van der Waals surface area contributed by atoms with Crippen LogP contribution in [-0.4, -0.2) is 41.3 Å². The van der Waals surface area contributed by atoms with Gasteiger partial charge < -0.3 is 14.7 Å². The van der Waals surface area contributed by atoms with Crippen LogP contribution < -0.4 is 4.74 Å². The van der Waals surface area contributed by atoms with E-state index in [1.54, 1.807) is 13.8 Å². The van der Waals surface area contributed by atoms with Crippen LogP contribution in [-0.2, 0) is 15.0 Å². The maximum atomic E-state index is 13.0. The summed E-state index contributed by atoms with van der Waals surface area (Å²) < 4.78 is 40.6. The highest BCUT2D eigenvalue weighted by atomic mass is 19.4. The molecule has 26 heavy (non-hydrogen) atoms. The number of hydrogen-bond acceptors (Lipinski definition) is 3. The molecule has 0 radical (unpaired) electrons. The van der Waals surface area contributed by atoms with Crippen LogP contribution in [0.3, 0.4) is 0 Å². The summed E-state index contributed by atoms with van der Waals surface area (Å²) in [7, 11) is 0. The Hall–Kier alpha value is -2.25. The van der Waals surface area contributed by atoms with Gasteiger partial charge in [-0.3, -0.25) is 9.59 Å². The number of nitrogens with zero attached hydrogens (tertiary/aromatic N) is 1. The van der Waals surface area contributed by atoms with Crippen molar-refractivity contribution in [3.05, 3.63) is 29.8 Å². The third-order valence-corrected chi connectivity index (χ3v) is 4.64. The Labute approximate surface area is 149 Å². The van der Waals surface area contributed by atoms with Crippen LogP contribution in [0.2, 0.25) is 0 Å². The Morgan fingerprint density at radius 2 is 1.73 bits per heavy atom. The topological polar surface area (TPSA) is 66.8 Å². The summed E-state index contributed by atoms with van der Waals surface area (Å²) in [6.45, 7) is 5.83. The molecule has 0 aliphatic carbocycles. The molecule has 1 aliphatic rings. The number of alkyl halides is 3. The van der Waals surface area contributed by atoms with E-state index in [0.717, 1.165) is 12.1 Å². The molecular formula is C18H22F3NO4. The van der Waals surface area contributed by atoms with Crippen molar-refractivity contribution in [2.75, 3.05) is 13.1 Å². The molecule has 2 unspecified atom stereocenters. The number of carbonyl (C=O) groups excluding carboxylic acids is 1. The number of hydrogen-bond donors (Lipinski definition) is 1. The smallest absolute Gasteiger partial charge is 0.481 e. The number of rotatable bonds is 4. The quantitative estimate of drug-likeness (QED) is 0.878. The van der Waals surface area contributed by atoms with E-state index >= 15 is 0 Å². The van der Waals surface area contributed by atoms with E-state index < -0.39 is 23.7 Å². The van der Waals surface area contributed by atoms with E-state index in [9.17, 15) is 27.9 Å². The first-order chi connectivity index (χ1) is 11.9. The van der Waals surface area contributed by atoms with Gasteiger partial charge in [-0.05, 0) is 43.9 Å². The van der Waals surface area contributed by atoms with E-state index in [1.807, 2.05) is 6.92 Å². The number of carboxylic acid groups (broad SMARTS) is 1. The molecule has 1 saturated heterocycles. The SMILES string of the molecule is CC1CC(C(=O)O)CN(C(=O)C(C)(C)c2ccc(OC(F)(F)F)cc2)C1. The van der Waals surface area contributed by atoms with Gasteiger partial charge in [0.05, 0.1) is 11.3 Å². The second-order valence-corrected chi connectivity index (χ2v) is 7.28. The average molecular weight is 373 g/mol. The van der Waals surface area contributed by atoms with Crippen molar-refractivity contribution < 1.29 is 32.6 Å². The van der Waals surface area contributed by atoms with E-state index in [-0.39, 0.29) is 24.1 Å². The first-order valence-corrected chi connectivity index (χ1v) is 8.28. The van der Waals surface area contributed by atoms with Crippen molar-refractivity contribution >= 4 is 11.9 Å². The zero-order valence-corrected chi connectivity index (χ0v) is 14.8. The predicted octanol–water partition coefficient (Wildman–Crippen LogP) is 3.43.